The third-order valence-corrected chi connectivity index (χ3v) is 4.18. The van der Waals surface area contributed by atoms with Gasteiger partial charge in [-0.05, 0) is 25.8 Å². The van der Waals surface area contributed by atoms with Crippen molar-refractivity contribution in [1.29, 1.82) is 0 Å². The van der Waals surface area contributed by atoms with E-state index in [1.54, 1.807) is 11.5 Å². The fourth-order valence-corrected chi connectivity index (χ4v) is 3.27. The van der Waals surface area contributed by atoms with Crippen LogP contribution in [0.2, 0.25) is 0 Å². The molecule has 1 aliphatic carbocycles. The van der Waals surface area contributed by atoms with Gasteiger partial charge in [0, 0.05) is 30.5 Å². The average Bonchev–Trinajstić information content (AvgIpc) is 3.00. The van der Waals surface area contributed by atoms with Crippen molar-refractivity contribution in [2.75, 3.05) is 18.0 Å². The molecule has 1 aromatic rings. The molecule has 5 heteroatoms. The van der Waals surface area contributed by atoms with E-state index in [-0.39, 0.29) is 0 Å². The molecule has 0 radical (unpaired) electrons. The Hall–Kier alpha value is -0.680. The van der Waals surface area contributed by atoms with Gasteiger partial charge in [-0.2, -0.15) is 4.37 Å². The van der Waals surface area contributed by atoms with Gasteiger partial charge in [0.05, 0.1) is 0 Å². The summed E-state index contributed by atoms with van der Waals surface area (Å²) in [7, 11) is 0. The molecule has 0 atom stereocenters. The van der Waals surface area contributed by atoms with E-state index in [1.165, 1.54) is 25.7 Å². The van der Waals surface area contributed by atoms with E-state index in [0.717, 1.165) is 36.9 Å². The summed E-state index contributed by atoms with van der Waals surface area (Å²) < 4.78 is 4.39. The standard InChI is InChI=1S/C12H22N4S/c1-2-11-14-12(17-15-11)16(9-5-8-13)10-6-3-4-7-10/h10H,2-9,13H2,1H3. The van der Waals surface area contributed by atoms with Gasteiger partial charge in [-0.3, -0.25) is 0 Å². The lowest BCUT2D eigenvalue weighted by Crippen LogP contribution is -2.35. The zero-order valence-electron chi connectivity index (χ0n) is 10.6. The molecular weight excluding hydrogens is 232 g/mol. The van der Waals surface area contributed by atoms with E-state index in [9.17, 15) is 0 Å². The lowest BCUT2D eigenvalue weighted by atomic mass is 10.2. The third kappa shape index (κ3) is 3.16. The Morgan fingerprint density at radius 1 is 1.41 bits per heavy atom. The van der Waals surface area contributed by atoms with Crippen molar-refractivity contribution in [1.82, 2.24) is 9.36 Å². The van der Waals surface area contributed by atoms with Gasteiger partial charge in [-0.1, -0.05) is 19.8 Å². The number of hydrogen-bond donors (Lipinski definition) is 1. The minimum atomic E-state index is 0.666. The maximum absolute atomic E-state index is 5.63. The number of hydrogen-bond acceptors (Lipinski definition) is 5. The molecule has 17 heavy (non-hydrogen) atoms. The van der Waals surface area contributed by atoms with Crippen LogP contribution in [0.1, 0.15) is 44.9 Å². The molecule has 0 spiro atoms. The molecule has 0 amide bonds. The summed E-state index contributed by atoms with van der Waals surface area (Å²) in [4.78, 5) is 7.06. The quantitative estimate of drug-likeness (QED) is 0.845. The summed E-state index contributed by atoms with van der Waals surface area (Å²) in [5.74, 6) is 0.973. The SMILES string of the molecule is CCc1nsc(N(CCCN)C2CCCC2)n1. The van der Waals surface area contributed by atoms with Crippen LogP contribution in [0.25, 0.3) is 0 Å². The molecule has 0 aromatic carbocycles. The Balaban J connectivity index is 2.07. The molecule has 0 aliphatic heterocycles. The molecular formula is C12H22N4S. The van der Waals surface area contributed by atoms with Gasteiger partial charge >= 0.3 is 0 Å². The Bertz CT molecular complexity index is 333. The Labute approximate surface area is 107 Å². The molecule has 0 saturated heterocycles. The summed E-state index contributed by atoms with van der Waals surface area (Å²) in [5.41, 5.74) is 5.63. The van der Waals surface area contributed by atoms with Crippen LogP contribution >= 0.6 is 11.5 Å². The van der Waals surface area contributed by atoms with Gasteiger partial charge < -0.3 is 10.6 Å². The van der Waals surface area contributed by atoms with Crippen LogP contribution in [0.3, 0.4) is 0 Å². The van der Waals surface area contributed by atoms with Crippen molar-refractivity contribution in [3.8, 4) is 0 Å². The zero-order chi connectivity index (χ0) is 12.1. The minimum Gasteiger partial charge on any atom is -0.344 e. The van der Waals surface area contributed by atoms with Crippen molar-refractivity contribution in [2.24, 2.45) is 5.73 Å². The van der Waals surface area contributed by atoms with Crippen LogP contribution in [0.4, 0.5) is 5.13 Å². The largest absolute Gasteiger partial charge is 0.344 e. The number of aryl methyl sites for hydroxylation is 1. The number of anilines is 1. The van der Waals surface area contributed by atoms with Crippen molar-refractivity contribution < 1.29 is 0 Å². The highest BCUT2D eigenvalue weighted by atomic mass is 32.1. The molecule has 4 nitrogen and oxygen atoms in total. The molecule has 1 saturated carbocycles. The average molecular weight is 254 g/mol. The zero-order valence-corrected chi connectivity index (χ0v) is 11.4. The number of aromatic nitrogens is 2. The van der Waals surface area contributed by atoms with E-state index in [0.29, 0.717) is 6.04 Å². The number of nitrogens with zero attached hydrogens (tertiary/aromatic N) is 3. The van der Waals surface area contributed by atoms with Gasteiger partial charge in [0.15, 0.2) is 0 Å². The summed E-state index contributed by atoms with van der Waals surface area (Å²) >= 11 is 1.54. The fraction of sp³-hybridized carbons (Fsp3) is 0.833. The van der Waals surface area contributed by atoms with Gasteiger partial charge in [0.1, 0.15) is 5.82 Å². The van der Waals surface area contributed by atoms with E-state index in [2.05, 4.69) is 21.2 Å². The highest BCUT2D eigenvalue weighted by Crippen LogP contribution is 2.29. The van der Waals surface area contributed by atoms with Crippen LogP contribution in [0, 0.1) is 0 Å². The topological polar surface area (TPSA) is 55.0 Å². The Morgan fingerprint density at radius 2 is 2.18 bits per heavy atom. The second kappa shape index (κ2) is 6.31. The monoisotopic (exact) mass is 254 g/mol. The minimum absolute atomic E-state index is 0.666. The Morgan fingerprint density at radius 3 is 2.76 bits per heavy atom. The first kappa shape index (κ1) is 12.8. The first-order valence-electron chi connectivity index (χ1n) is 6.64. The van der Waals surface area contributed by atoms with Crippen molar-refractivity contribution in [3.63, 3.8) is 0 Å². The molecule has 2 N–H and O–H groups in total. The second-order valence-corrected chi connectivity index (χ2v) is 5.35. The predicted molar refractivity (Wildman–Crippen MR) is 72.6 cm³/mol. The third-order valence-electron chi connectivity index (χ3n) is 3.39. The second-order valence-electron chi connectivity index (χ2n) is 4.62. The molecule has 1 fully saturated rings. The normalized spacial score (nSPS) is 16.6. The highest BCUT2D eigenvalue weighted by molar-refractivity contribution is 7.09. The van der Waals surface area contributed by atoms with Gasteiger partial charge in [0.2, 0.25) is 5.13 Å². The molecule has 0 unspecified atom stereocenters. The molecule has 2 rings (SSSR count). The van der Waals surface area contributed by atoms with Crippen LogP contribution in [-0.4, -0.2) is 28.5 Å². The molecule has 1 aliphatic rings. The van der Waals surface area contributed by atoms with Gasteiger partial charge in [0.25, 0.3) is 0 Å². The van der Waals surface area contributed by atoms with Gasteiger partial charge in [-0.15, -0.1) is 0 Å². The summed E-state index contributed by atoms with van der Waals surface area (Å²) in [5, 5.41) is 1.10. The number of nitrogens with two attached hydrogens (primary N) is 1. The maximum Gasteiger partial charge on any atom is 0.205 e. The van der Waals surface area contributed by atoms with Crippen LogP contribution in [0.5, 0.6) is 0 Å². The lowest BCUT2D eigenvalue weighted by molar-refractivity contribution is 0.591. The molecule has 1 aromatic heterocycles. The van der Waals surface area contributed by atoms with Gasteiger partial charge in [-0.25, -0.2) is 4.98 Å². The van der Waals surface area contributed by atoms with Crippen molar-refractivity contribution in [3.05, 3.63) is 5.82 Å². The Kier molecular flexibility index (Phi) is 4.74. The summed E-state index contributed by atoms with van der Waals surface area (Å²) in [6, 6.07) is 0.666. The molecule has 0 bridgehead atoms. The fourth-order valence-electron chi connectivity index (χ4n) is 2.42. The summed E-state index contributed by atoms with van der Waals surface area (Å²) in [6.07, 6.45) is 7.26. The summed E-state index contributed by atoms with van der Waals surface area (Å²) in [6.45, 7) is 3.88. The van der Waals surface area contributed by atoms with Crippen LogP contribution < -0.4 is 10.6 Å². The maximum atomic E-state index is 5.63. The van der Waals surface area contributed by atoms with Crippen molar-refractivity contribution in [2.45, 2.75) is 51.5 Å². The molecule has 96 valence electrons. The van der Waals surface area contributed by atoms with Crippen LogP contribution in [-0.2, 0) is 6.42 Å². The lowest BCUT2D eigenvalue weighted by Gasteiger charge is -2.27. The highest BCUT2D eigenvalue weighted by Gasteiger charge is 2.24. The van der Waals surface area contributed by atoms with E-state index in [1.807, 2.05) is 0 Å². The first-order valence-corrected chi connectivity index (χ1v) is 7.41. The van der Waals surface area contributed by atoms with E-state index in [4.69, 9.17) is 5.73 Å². The van der Waals surface area contributed by atoms with E-state index < -0.39 is 0 Å². The smallest absolute Gasteiger partial charge is 0.205 e. The number of rotatable bonds is 6. The molecule has 1 heterocycles. The predicted octanol–water partition coefficient (Wildman–Crippen LogP) is 2.20. The van der Waals surface area contributed by atoms with E-state index >= 15 is 0 Å². The first-order chi connectivity index (χ1) is 8.35. The van der Waals surface area contributed by atoms with Crippen molar-refractivity contribution >= 4 is 16.7 Å². The van der Waals surface area contributed by atoms with Crippen LogP contribution in [0.15, 0.2) is 0 Å².